The maximum absolute atomic E-state index is 13.6. The van der Waals surface area contributed by atoms with Crippen molar-refractivity contribution >= 4 is 37.9 Å². The van der Waals surface area contributed by atoms with Crippen molar-refractivity contribution in [3.05, 3.63) is 39.0 Å². The normalized spacial score (nSPS) is 12.5. The highest BCUT2D eigenvalue weighted by molar-refractivity contribution is 9.10. The van der Waals surface area contributed by atoms with E-state index in [1.165, 1.54) is 12.1 Å². The molecular weight excluding hydrogens is 521 g/mol. The van der Waals surface area contributed by atoms with Crippen LogP contribution in [0.4, 0.5) is 10.2 Å². The van der Waals surface area contributed by atoms with Gasteiger partial charge >= 0.3 is 11.7 Å². The fraction of sp³-hybridized carbons (Fsp3) is 0.267. The molecule has 0 fully saturated rings. The number of hydrogen-bond donors (Lipinski definition) is 3. The molecule has 0 radical (unpaired) electrons. The van der Waals surface area contributed by atoms with Gasteiger partial charge in [0.25, 0.3) is 10.2 Å². The largest absolute Gasteiger partial charge is 0.464 e. The molecule has 0 saturated carbocycles. The molecule has 0 aliphatic carbocycles. The molecule has 0 bridgehead atoms. The number of aromatic nitrogens is 4. The smallest absolute Gasteiger partial charge is 0.446 e. The summed E-state index contributed by atoms with van der Waals surface area (Å²) in [6.07, 6.45) is 0. The number of esters is 1. The Morgan fingerprint density at radius 3 is 2.78 bits per heavy atom. The molecule has 1 unspecified atom stereocenters. The SMILES string of the molecule is CC(=O)OCC(CNc1nonc1-c1noc(=O)n1-c1ccc(F)c(Br)c1)NS(N)(=O)=O. The van der Waals surface area contributed by atoms with Crippen LogP contribution in [-0.2, 0) is 19.7 Å². The highest BCUT2D eigenvalue weighted by Crippen LogP contribution is 2.26. The van der Waals surface area contributed by atoms with Gasteiger partial charge in [0.15, 0.2) is 5.69 Å². The number of nitrogens with two attached hydrogens (primary N) is 1. The molecule has 0 aliphatic rings. The monoisotopic (exact) mass is 535 g/mol. The first-order chi connectivity index (χ1) is 15.0. The van der Waals surface area contributed by atoms with E-state index in [0.29, 0.717) is 0 Å². The summed E-state index contributed by atoms with van der Waals surface area (Å²) in [5.41, 5.74) is 0.134. The Morgan fingerprint density at radius 2 is 2.12 bits per heavy atom. The second-order valence-corrected chi connectivity index (χ2v) is 8.39. The number of nitrogens with zero attached hydrogens (tertiary/aromatic N) is 4. The summed E-state index contributed by atoms with van der Waals surface area (Å²) < 4.78 is 53.7. The number of carbonyl (C=O) groups excluding carboxylic acids is 1. The van der Waals surface area contributed by atoms with E-state index in [4.69, 9.17) is 19.0 Å². The zero-order chi connectivity index (χ0) is 23.5. The molecule has 0 spiro atoms. The first-order valence-corrected chi connectivity index (χ1v) is 10.9. The number of rotatable bonds is 9. The van der Waals surface area contributed by atoms with Crippen molar-refractivity contribution in [2.45, 2.75) is 13.0 Å². The van der Waals surface area contributed by atoms with Gasteiger partial charge in [0.05, 0.1) is 16.2 Å². The van der Waals surface area contributed by atoms with Crippen molar-refractivity contribution in [3.63, 3.8) is 0 Å². The molecule has 0 saturated heterocycles. The molecule has 3 rings (SSSR count). The molecule has 1 aromatic carbocycles. The van der Waals surface area contributed by atoms with E-state index in [1.807, 2.05) is 0 Å². The highest BCUT2D eigenvalue weighted by Gasteiger charge is 2.24. The summed E-state index contributed by atoms with van der Waals surface area (Å²) >= 11 is 3.03. The number of benzene rings is 1. The van der Waals surface area contributed by atoms with Crippen LogP contribution in [0.2, 0.25) is 0 Å². The van der Waals surface area contributed by atoms with Crippen LogP contribution in [0, 0.1) is 5.82 Å². The van der Waals surface area contributed by atoms with E-state index in [-0.39, 0.29) is 40.6 Å². The van der Waals surface area contributed by atoms with Crippen molar-refractivity contribution in [2.24, 2.45) is 5.14 Å². The maximum Gasteiger partial charge on any atom is 0.446 e. The number of carbonyl (C=O) groups is 1. The molecule has 1 atom stereocenters. The van der Waals surface area contributed by atoms with Crippen molar-refractivity contribution in [1.82, 2.24) is 24.8 Å². The summed E-state index contributed by atoms with van der Waals surface area (Å²) in [5.74, 6) is -2.25. The fourth-order valence-electron chi connectivity index (χ4n) is 2.51. The Balaban J connectivity index is 1.88. The summed E-state index contributed by atoms with van der Waals surface area (Å²) in [5, 5.41) is 18.7. The van der Waals surface area contributed by atoms with Crippen LogP contribution in [0.1, 0.15) is 6.92 Å². The lowest BCUT2D eigenvalue weighted by molar-refractivity contribution is -0.141. The van der Waals surface area contributed by atoms with Gasteiger partial charge in [-0.1, -0.05) is 5.16 Å². The zero-order valence-corrected chi connectivity index (χ0v) is 18.5. The van der Waals surface area contributed by atoms with Gasteiger partial charge in [0, 0.05) is 13.5 Å². The number of hydrogen-bond acceptors (Lipinski definition) is 11. The van der Waals surface area contributed by atoms with Crippen LogP contribution in [-0.4, -0.2) is 53.6 Å². The average molecular weight is 536 g/mol. The number of anilines is 1. The second kappa shape index (κ2) is 9.55. The van der Waals surface area contributed by atoms with Crippen molar-refractivity contribution in [3.8, 4) is 17.2 Å². The summed E-state index contributed by atoms with van der Waals surface area (Å²) in [7, 11) is -4.12. The molecule has 0 aliphatic heterocycles. The standard InChI is InChI=1S/C15H15BrFN7O7S/c1-7(25)29-6-8(23-32(18,27)28)5-19-13-12(20-31-21-13)14-22-30-15(26)24(14)9-2-3-11(17)10(16)4-9/h2-4,8,23H,5-6H2,1H3,(H,19,21)(H2,18,27,28). The maximum atomic E-state index is 13.6. The average Bonchev–Trinajstić information content (AvgIpc) is 3.31. The predicted molar refractivity (Wildman–Crippen MR) is 108 cm³/mol. The Kier molecular flexibility index (Phi) is 7.02. The van der Waals surface area contributed by atoms with Crippen LogP contribution < -0.4 is 20.9 Å². The van der Waals surface area contributed by atoms with Crippen molar-refractivity contribution in [1.29, 1.82) is 0 Å². The molecule has 2 aromatic heterocycles. The van der Waals surface area contributed by atoms with Gasteiger partial charge < -0.3 is 10.1 Å². The van der Waals surface area contributed by atoms with Gasteiger partial charge in [0.2, 0.25) is 11.6 Å². The van der Waals surface area contributed by atoms with Crippen molar-refractivity contribution in [2.75, 3.05) is 18.5 Å². The first-order valence-electron chi connectivity index (χ1n) is 8.59. The summed E-state index contributed by atoms with van der Waals surface area (Å²) in [4.78, 5) is 23.2. The Bertz CT molecular complexity index is 1290. The van der Waals surface area contributed by atoms with E-state index in [2.05, 4.69) is 41.4 Å². The number of halogens is 2. The van der Waals surface area contributed by atoms with E-state index < -0.39 is 33.8 Å². The van der Waals surface area contributed by atoms with Crippen LogP contribution in [0.5, 0.6) is 0 Å². The van der Waals surface area contributed by atoms with Gasteiger partial charge in [-0.25, -0.2) is 23.5 Å². The number of nitrogens with one attached hydrogen (secondary N) is 2. The minimum absolute atomic E-state index is 0.0442. The predicted octanol–water partition coefficient (Wildman–Crippen LogP) is -0.0862. The Hall–Kier alpha value is -3.15. The lowest BCUT2D eigenvalue weighted by Gasteiger charge is -2.17. The van der Waals surface area contributed by atoms with Gasteiger partial charge in [-0.05, 0) is 44.4 Å². The molecule has 172 valence electrons. The van der Waals surface area contributed by atoms with Crippen LogP contribution in [0.15, 0.2) is 36.6 Å². The van der Waals surface area contributed by atoms with Crippen molar-refractivity contribution < 1.29 is 31.5 Å². The van der Waals surface area contributed by atoms with Crippen LogP contribution >= 0.6 is 15.9 Å². The van der Waals surface area contributed by atoms with Crippen LogP contribution in [0.3, 0.4) is 0 Å². The molecule has 0 amide bonds. The molecule has 4 N–H and O–H groups in total. The lowest BCUT2D eigenvalue weighted by atomic mass is 10.3. The highest BCUT2D eigenvalue weighted by atomic mass is 79.9. The van der Waals surface area contributed by atoms with E-state index >= 15 is 0 Å². The third kappa shape index (κ3) is 5.75. The molecule has 14 nitrogen and oxygen atoms in total. The first kappa shape index (κ1) is 23.5. The Labute approximate surface area is 187 Å². The second-order valence-electron chi connectivity index (χ2n) is 6.21. The number of ether oxygens (including phenoxy) is 1. The minimum atomic E-state index is -4.12. The fourth-order valence-corrected chi connectivity index (χ4v) is 3.49. The molecule has 2 heterocycles. The zero-order valence-electron chi connectivity index (χ0n) is 16.1. The van der Waals surface area contributed by atoms with E-state index in [0.717, 1.165) is 17.6 Å². The topological polar surface area (TPSA) is 197 Å². The van der Waals surface area contributed by atoms with Crippen LogP contribution in [0.25, 0.3) is 17.2 Å². The van der Waals surface area contributed by atoms with E-state index in [9.17, 15) is 22.4 Å². The quantitative estimate of drug-likeness (QED) is 0.309. The summed E-state index contributed by atoms with van der Waals surface area (Å²) in [6, 6.07) is 2.78. The van der Waals surface area contributed by atoms with Gasteiger partial charge in [0.1, 0.15) is 12.4 Å². The lowest BCUT2D eigenvalue weighted by Crippen LogP contribution is -2.46. The van der Waals surface area contributed by atoms with Gasteiger partial charge in [-0.15, -0.1) is 0 Å². The third-order valence-electron chi connectivity index (χ3n) is 3.80. The molecule has 17 heteroatoms. The molecule has 3 aromatic rings. The molecular formula is C15H15BrFN7O7S. The third-order valence-corrected chi connectivity index (χ3v) is 5.07. The van der Waals surface area contributed by atoms with E-state index in [1.54, 1.807) is 0 Å². The Morgan fingerprint density at radius 1 is 1.38 bits per heavy atom. The summed E-state index contributed by atoms with van der Waals surface area (Å²) in [6.45, 7) is 0.644. The molecule has 32 heavy (non-hydrogen) atoms. The van der Waals surface area contributed by atoms with Gasteiger partial charge in [-0.2, -0.15) is 13.1 Å². The van der Waals surface area contributed by atoms with Gasteiger partial charge in [-0.3, -0.25) is 9.32 Å². The minimum Gasteiger partial charge on any atom is -0.464 e.